The van der Waals surface area contributed by atoms with E-state index < -0.39 is 5.25 Å². The van der Waals surface area contributed by atoms with Gasteiger partial charge in [0.25, 0.3) is 0 Å². The van der Waals surface area contributed by atoms with Gasteiger partial charge in [-0.15, -0.1) is 10.2 Å². The summed E-state index contributed by atoms with van der Waals surface area (Å²) in [5.74, 6) is 0.826. The number of amides is 1. The van der Waals surface area contributed by atoms with E-state index >= 15 is 0 Å². The van der Waals surface area contributed by atoms with Gasteiger partial charge in [0.15, 0.2) is 5.16 Å². The van der Waals surface area contributed by atoms with Gasteiger partial charge in [0.05, 0.1) is 31.3 Å². The number of morpholine rings is 1. The molecule has 1 amide bonds. The van der Waals surface area contributed by atoms with Crippen LogP contribution in [0.4, 0.5) is 10.3 Å². The number of carbonyl (C=O) groups is 1. The quantitative estimate of drug-likeness (QED) is 0.506. The summed E-state index contributed by atoms with van der Waals surface area (Å²) in [6, 6.07) is 13.8. The maximum Gasteiger partial charge on any atom is 0.233 e. The number of nitrogens with one attached hydrogen (secondary N) is 1. The number of halogens is 1. The molecule has 0 radical (unpaired) electrons. The van der Waals surface area contributed by atoms with E-state index in [-0.39, 0.29) is 11.7 Å². The van der Waals surface area contributed by atoms with E-state index in [0.29, 0.717) is 49.6 Å². The highest BCUT2D eigenvalue weighted by molar-refractivity contribution is 8.00. The molecule has 0 bridgehead atoms. The number of hydrogen-bond acceptors (Lipinski definition) is 7. The van der Waals surface area contributed by atoms with Crippen molar-refractivity contribution in [3.8, 4) is 11.4 Å². The molecule has 4 rings (SSSR count). The van der Waals surface area contributed by atoms with Gasteiger partial charge >= 0.3 is 0 Å². The number of thioether (sulfide) groups is 1. The molecule has 1 aromatic heterocycles. The number of carbonyl (C=O) groups excluding carboxylic acids is 1. The van der Waals surface area contributed by atoms with E-state index in [0.717, 1.165) is 11.3 Å². The summed E-state index contributed by atoms with van der Waals surface area (Å²) in [5.41, 5.74) is 1.49. The molecule has 0 aliphatic carbocycles. The Bertz CT molecular complexity index is 1100. The number of rotatable bonds is 8. The third-order valence-electron chi connectivity index (χ3n) is 5.27. The predicted octanol–water partition coefficient (Wildman–Crippen LogP) is 3.05. The number of anilines is 1. The van der Waals surface area contributed by atoms with Crippen LogP contribution in [0.1, 0.15) is 12.5 Å². The van der Waals surface area contributed by atoms with E-state index in [1.807, 2.05) is 24.3 Å². The van der Waals surface area contributed by atoms with Crippen molar-refractivity contribution >= 4 is 23.6 Å². The summed E-state index contributed by atoms with van der Waals surface area (Å²) in [7, 11) is 1.60. The van der Waals surface area contributed by atoms with Gasteiger partial charge in [-0.1, -0.05) is 36.0 Å². The molecule has 0 spiro atoms. The molecular weight excluding hydrogens is 445 g/mol. The maximum absolute atomic E-state index is 14.0. The Hall–Kier alpha value is -3.11. The zero-order chi connectivity index (χ0) is 23.2. The Morgan fingerprint density at radius 1 is 1.21 bits per heavy atom. The first-order valence-corrected chi connectivity index (χ1v) is 11.5. The smallest absolute Gasteiger partial charge is 0.233 e. The van der Waals surface area contributed by atoms with Crippen LogP contribution < -0.4 is 15.0 Å². The van der Waals surface area contributed by atoms with E-state index in [1.54, 1.807) is 30.7 Å². The molecule has 1 unspecified atom stereocenters. The Morgan fingerprint density at radius 2 is 2.00 bits per heavy atom. The van der Waals surface area contributed by atoms with Crippen LogP contribution in [-0.2, 0) is 16.1 Å². The van der Waals surface area contributed by atoms with Crippen molar-refractivity contribution in [1.82, 2.24) is 20.1 Å². The van der Waals surface area contributed by atoms with E-state index in [4.69, 9.17) is 9.47 Å². The average molecular weight is 472 g/mol. The topological polar surface area (TPSA) is 81.5 Å². The summed E-state index contributed by atoms with van der Waals surface area (Å²) in [5, 5.41) is 11.7. The van der Waals surface area contributed by atoms with Gasteiger partial charge < -0.3 is 19.7 Å². The summed E-state index contributed by atoms with van der Waals surface area (Å²) >= 11 is 1.27. The minimum atomic E-state index is -0.450. The number of ether oxygens (including phenoxy) is 2. The van der Waals surface area contributed by atoms with Gasteiger partial charge in [-0.3, -0.25) is 9.36 Å². The van der Waals surface area contributed by atoms with Crippen LogP contribution in [0.5, 0.6) is 5.75 Å². The lowest BCUT2D eigenvalue weighted by Crippen LogP contribution is -2.38. The van der Waals surface area contributed by atoms with Gasteiger partial charge in [0.2, 0.25) is 11.9 Å². The molecule has 1 atom stereocenters. The summed E-state index contributed by atoms with van der Waals surface area (Å²) in [6.07, 6.45) is 0. The monoisotopic (exact) mass is 471 g/mol. The molecule has 1 aliphatic heterocycles. The number of benzene rings is 2. The molecule has 2 aromatic carbocycles. The van der Waals surface area contributed by atoms with Crippen LogP contribution in [0.15, 0.2) is 53.7 Å². The third-order valence-corrected chi connectivity index (χ3v) is 6.32. The fourth-order valence-electron chi connectivity index (χ4n) is 3.53. The standard InChI is InChI=1S/C23H26FN5O3S/c1-16(21(30)25-15-17-6-3-4-9-20(17)31-2)33-23-27-26-22(28-10-12-32-13-11-28)29(23)19-8-5-7-18(24)14-19/h3-9,14,16H,10-13,15H2,1-2H3,(H,25,30). The number of aromatic nitrogens is 3. The first-order chi connectivity index (χ1) is 16.1. The molecule has 1 fully saturated rings. The molecule has 1 N–H and O–H groups in total. The van der Waals surface area contributed by atoms with E-state index in [9.17, 15) is 9.18 Å². The number of methoxy groups -OCH3 is 1. The van der Waals surface area contributed by atoms with Gasteiger partial charge in [-0.05, 0) is 31.2 Å². The number of para-hydroxylation sites is 1. The van der Waals surface area contributed by atoms with Crippen LogP contribution in [0.3, 0.4) is 0 Å². The van der Waals surface area contributed by atoms with Gasteiger partial charge in [0, 0.05) is 25.2 Å². The third kappa shape index (κ3) is 5.45. The Kier molecular flexibility index (Phi) is 7.46. The van der Waals surface area contributed by atoms with Crippen molar-refractivity contribution in [2.45, 2.75) is 23.9 Å². The summed E-state index contributed by atoms with van der Waals surface area (Å²) in [4.78, 5) is 14.9. The molecule has 2 heterocycles. The second-order valence-corrected chi connectivity index (χ2v) is 8.79. The van der Waals surface area contributed by atoms with Crippen LogP contribution >= 0.6 is 11.8 Å². The highest BCUT2D eigenvalue weighted by atomic mass is 32.2. The molecule has 0 saturated carbocycles. The van der Waals surface area contributed by atoms with Crippen LogP contribution in [0, 0.1) is 5.82 Å². The van der Waals surface area contributed by atoms with Crippen molar-refractivity contribution in [2.75, 3.05) is 38.3 Å². The number of nitrogens with zero attached hydrogens (tertiary/aromatic N) is 4. The lowest BCUT2D eigenvalue weighted by molar-refractivity contribution is -0.120. The minimum Gasteiger partial charge on any atom is -0.496 e. The fraction of sp³-hybridized carbons (Fsp3) is 0.348. The summed E-state index contributed by atoms with van der Waals surface area (Å²) in [6.45, 7) is 4.64. The Morgan fingerprint density at radius 3 is 2.76 bits per heavy atom. The minimum absolute atomic E-state index is 0.146. The Labute approximate surface area is 196 Å². The van der Waals surface area contributed by atoms with E-state index in [2.05, 4.69) is 20.4 Å². The molecule has 33 heavy (non-hydrogen) atoms. The molecule has 174 valence electrons. The zero-order valence-electron chi connectivity index (χ0n) is 18.5. The highest BCUT2D eigenvalue weighted by Gasteiger charge is 2.25. The fourth-order valence-corrected chi connectivity index (χ4v) is 4.42. The van der Waals surface area contributed by atoms with Gasteiger partial charge in [0.1, 0.15) is 11.6 Å². The molecule has 10 heteroatoms. The predicted molar refractivity (Wildman–Crippen MR) is 125 cm³/mol. The van der Waals surface area contributed by atoms with E-state index in [1.165, 1.54) is 23.9 Å². The van der Waals surface area contributed by atoms with Gasteiger partial charge in [-0.2, -0.15) is 0 Å². The zero-order valence-corrected chi connectivity index (χ0v) is 19.3. The first-order valence-electron chi connectivity index (χ1n) is 10.7. The van der Waals surface area contributed by atoms with Crippen molar-refractivity contribution in [3.63, 3.8) is 0 Å². The Balaban J connectivity index is 1.53. The van der Waals surface area contributed by atoms with Crippen molar-refractivity contribution in [1.29, 1.82) is 0 Å². The molecule has 1 aliphatic rings. The van der Waals surface area contributed by atoms with Crippen molar-refractivity contribution < 1.29 is 18.7 Å². The highest BCUT2D eigenvalue weighted by Crippen LogP contribution is 2.30. The van der Waals surface area contributed by atoms with Crippen LogP contribution in [0.2, 0.25) is 0 Å². The SMILES string of the molecule is COc1ccccc1CNC(=O)C(C)Sc1nnc(N2CCOCC2)n1-c1cccc(F)c1. The van der Waals surface area contributed by atoms with Crippen LogP contribution in [-0.4, -0.2) is 59.3 Å². The maximum atomic E-state index is 14.0. The molecule has 3 aromatic rings. The lowest BCUT2D eigenvalue weighted by Gasteiger charge is -2.28. The largest absolute Gasteiger partial charge is 0.496 e. The normalized spacial score (nSPS) is 14.7. The molecule has 1 saturated heterocycles. The van der Waals surface area contributed by atoms with Crippen molar-refractivity contribution in [2.24, 2.45) is 0 Å². The second kappa shape index (κ2) is 10.7. The van der Waals surface area contributed by atoms with Gasteiger partial charge in [-0.25, -0.2) is 4.39 Å². The molecule has 8 nitrogen and oxygen atoms in total. The molecular formula is C23H26FN5O3S. The summed E-state index contributed by atoms with van der Waals surface area (Å²) < 4.78 is 26.6. The lowest BCUT2D eigenvalue weighted by atomic mass is 10.2. The van der Waals surface area contributed by atoms with Crippen LogP contribution in [0.25, 0.3) is 5.69 Å². The first kappa shape index (κ1) is 23.1. The van der Waals surface area contributed by atoms with Crippen molar-refractivity contribution in [3.05, 3.63) is 59.9 Å². The average Bonchev–Trinajstić information content (AvgIpc) is 3.26. The number of hydrogen-bond donors (Lipinski definition) is 1. The second-order valence-electron chi connectivity index (χ2n) is 7.49.